The average Bonchev–Trinajstić information content (AvgIpc) is 3.01. The first-order chi connectivity index (χ1) is 13.9. The number of amides is 1. The second-order valence-corrected chi connectivity index (χ2v) is 6.86. The van der Waals surface area contributed by atoms with Crippen LogP contribution >= 0.6 is 0 Å². The van der Waals surface area contributed by atoms with Crippen molar-refractivity contribution < 1.29 is 14.3 Å². The maximum absolute atomic E-state index is 12.8. The molecule has 0 unspecified atom stereocenters. The molecule has 0 saturated carbocycles. The Labute approximate surface area is 170 Å². The molecule has 0 fully saturated rings. The van der Waals surface area contributed by atoms with Gasteiger partial charge in [-0.25, -0.2) is 9.48 Å². The average molecular weight is 391 g/mol. The molecule has 1 aromatic heterocycles. The van der Waals surface area contributed by atoms with E-state index in [-0.39, 0.29) is 12.5 Å². The summed E-state index contributed by atoms with van der Waals surface area (Å²) in [5, 5.41) is 7.44. The van der Waals surface area contributed by atoms with E-state index in [0.29, 0.717) is 16.8 Å². The first-order valence-electron chi connectivity index (χ1n) is 9.58. The fraction of sp³-hybridized carbons (Fsp3) is 0.261. The highest BCUT2D eigenvalue weighted by Gasteiger charge is 2.30. The second-order valence-electron chi connectivity index (χ2n) is 6.86. The summed E-state index contributed by atoms with van der Waals surface area (Å²) in [6.07, 6.45) is 0. The van der Waals surface area contributed by atoms with Crippen LogP contribution < -0.4 is 5.32 Å². The summed E-state index contributed by atoms with van der Waals surface area (Å²) in [6.45, 7) is 7.59. The Hall–Kier alpha value is -3.41. The van der Waals surface area contributed by atoms with Gasteiger partial charge in [-0.05, 0) is 52.0 Å². The molecule has 1 N–H and O–H groups in total. The molecule has 0 aliphatic heterocycles. The number of benzene rings is 2. The number of ether oxygens (including phenoxy) is 1. The van der Waals surface area contributed by atoms with E-state index in [1.807, 2.05) is 63.2 Å². The van der Waals surface area contributed by atoms with Crippen LogP contribution in [0, 0.1) is 20.8 Å². The lowest BCUT2D eigenvalue weighted by molar-refractivity contribution is -0.145. The van der Waals surface area contributed by atoms with Crippen LogP contribution in [-0.4, -0.2) is 28.3 Å². The molecule has 0 saturated heterocycles. The van der Waals surface area contributed by atoms with E-state index in [1.54, 1.807) is 23.7 Å². The molecule has 150 valence electrons. The number of para-hydroxylation sites is 1. The Kier molecular flexibility index (Phi) is 6.12. The molecule has 2 aromatic carbocycles. The summed E-state index contributed by atoms with van der Waals surface area (Å²) in [5.74, 6) is -0.842. The quantitative estimate of drug-likeness (QED) is 0.648. The number of carbonyl (C=O) groups is 2. The van der Waals surface area contributed by atoms with E-state index in [4.69, 9.17) is 4.74 Å². The smallest absolute Gasteiger partial charge is 0.333 e. The Balaban J connectivity index is 2.01. The van der Waals surface area contributed by atoms with E-state index < -0.39 is 12.0 Å². The van der Waals surface area contributed by atoms with Crippen molar-refractivity contribution in [2.45, 2.75) is 33.7 Å². The zero-order valence-electron chi connectivity index (χ0n) is 17.1. The van der Waals surface area contributed by atoms with Gasteiger partial charge in [0.1, 0.15) is 0 Å². The summed E-state index contributed by atoms with van der Waals surface area (Å²) in [5.41, 5.74) is 4.42. The summed E-state index contributed by atoms with van der Waals surface area (Å²) in [4.78, 5) is 25.6. The maximum Gasteiger partial charge on any atom is 0.333 e. The lowest BCUT2D eigenvalue weighted by atomic mass is 10.0. The molecule has 3 rings (SSSR count). The van der Waals surface area contributed by atoms with Gasteiger partial charge in [0, 0.05) is 16.8 Å². The number of hydrogen-bond donors (Lipinski definition) is 1. The second kappa shape index (κ2) is 8.73. The Morgan fingerprint density at radius 1 is 1.07 bits per heavy atom. The summed E-state index contributed by atoms with van der Waals surface area (Å²) in [7, 11) is 0. The van der Waals surface area contributed by atoms with Gasteiger partial charge in [-0.2, -0.15) is 5.10 Å². The molecule has 1 amide bonds. The molecule has 3 aromatic rings. The van der Waals surface area contributed by atoms with E-state index in [0.717, 1.165) is 16.9 Å². The predicted molar refractivity (Wildman–Crippen MR) is 111 cm³/mol. The molecular formula is C23H25N3O3. The molecule has 6 heteroatoms. The van der Waals surface area contributed by atoms with Crippen molar-refractivity contribution in [3.63, 3.8) is 0 Å². The van der Waals surface area contributed by atoms with Crippen LogP contribution in [0.4, 0.5) is 0 Å². The third-order valence-electron chi connectivity index (χ3n) is 4.71. The molecule has 0 aliphatic rings. The number of aryl methyl sites for hydroxylation is 2. The topological polar surface area (TPSA) is 73.2 Å². The van der Waals surface area contributed by atoms with E-state index in [2.05, 4.69) is 10.4 Å². The molecule has 29 heavy (non-hydrogen) atoms. The van der Waals surface area contributed by atoms with Crippen molar-refractivity contribution >= 4 is 11.9 Å². The fourth-order valence-electron chi connectivity index (χ4n) is 3.37. The van der Waals surface area contributed by atoms with Gasteiger partial charge in [-0.15, -0.1) is 0 Å². The number of carbonyl (C=O) groups excluding carboxylic acids is 2. The third-order valence-corrected chi connectivity index (χ3v) is 4.71. The van der Waals surface area contributed by atoms with Crippen LogP contribution in [-0.2, 0) is 9.53 Å². The van der Waals surface area contributed by atoms with Gasteiger partial charge >= 0.3 is 5.97 Å². The number of hydrogen-bond acceptors (Lipinski definition) is 4. The third kappa shape index (κ3) is 4.37. The SMILES string of the molecule is CCOC(=O)[C@@H](NC(=O)c1cccc(C)c1)c1c(C)nn(-c2ccccc2)c1C. The normalized spacial score (nSPS) is 11.7. The highest BCUT2D eigenvalue weighted by molar-refractivity contribution is 5.97. The predicted octanol–water partition coefficient (Wildman–Crippen LogP) is 3.83. The Bertz CT molecular complexity index is 1030. The molecule has 1 heterocycles. The van der Waals surface area contributed by atoms with Crippen molar-refractivity contribution in [1.29, 1.82) is 0 Å². The molecular weight excluding hydrogens is 366 g/mol. The van der Waals surface area contributed by atoms with Gasteiger partial charge < -0.3 is 10.1 Å². The van der Waals surface area contributed by atoms with E-state index in [9.17, 15) is 9.59 Å². The van der Waals surface area contributed by atoms with Crippen LogP contribution in [0.1, 0.15) is 45.8 Å². The highest BCUT2D eigenvalue weighted by atomic mass is 16.5. The van der Waals surface area contributed by atoms with Gasteiger partial charge in [-0.1, -0.05) is 35.9 Å². The van der Waals surface area contributed by atoms with Gasteiger partial charge in [0.05, 0.1) is 18.0 Å². The molecule has 0 radical (unpaired) electrons. The van der Waals surface area contributed by atoms with Crippen LogP contribution in [0.15, 0.2) is 54.6 Å². The minimum atomic E-state index is -0.944. The lowest BCUT2D eigenvalue weighted by Crippen LogP contribution is -2.35. The highest BCUT2D eigenvalue weighted by Crippen LogP contribution is 2.26. The lowest BCUT2D eigenvalue weighted by Gasteiger charge is -2.18. The Morgan fingerprint density at radius 2 is 1.79 bits per heavy atom. The van der Waals surface area contributed by atoms with E-state index >= 15 is 0 Å². The van der Waals surface area contributed by atoms with Crippen molar-refractivity contribution in [1.82, 2.24) is 15.1 Å². The minimum absolute atomic E-state index is 0.223. The number of aromatic nitrogens is 2. The standard InChI is InChI=1S/C23H25N3O3/c1-5-29-23(28)21(24-22(27)18-11-9-10-15(2)14-18)20-16(3)25-26(17(20)4)19-12-7-6-8-13-19/h6-14,21H,5H2,1-4H3,(H,24,27)/t21-/m0/s1. The van der Waals surface area contributed by atoms with Crippen LogP contribution in [0.25, 0.3) is 5.69 Å². The zero-order chi connectivity index (χ0) is 21.0. The van der Waals surface area contributed by atoms with Crippen molar-refractivity contribution in [3.8, 4) is 5.69 Å². The van der Waals surface area contributed by atoms with Gasteiger partial charge in [0.15, 0.2) is 6.04 Å². The van der Waals surface area contributed by atoms with Crippen LogP contribution in [0.3, 0.4) is 0 Å². The fourth-order valence-corrected chi connectivity index (χ4v) is 3.37. The summed E-state index contributed by atoms with van der Waals surface area (Å²) in [6, 6.07) is 15.9. The number of nitrogens with one attached hydrogen (secondary N) is 1. The van der Waals surface area contributed by atoms with E-state index in [1.165, 1.54) is 0 Å². The molecule has 0 bridgehead atoms. The monoisotopic (exact) mass is 391 g/mol. The number of nitrogens with zero attached hydrogens (tertiary/aromatic N) is 2. The van der Waals surface area contributed by atoms with Crippen molar-refractivity contribution in [2.75, 3.05) is 6.61 Å². The van der Waals surface area contributed by atoms with Crippen molar-refractivity contribution in [2.24, 2.45) is 0 Å². The molecule has 1 atom stereocenters. The maximum atomic E-state index is 12.8. The molecule has 6 nitrogen and oxygen atoms in total. The van der Waals surface area contributed by atoms with Gasteiger partial charge in [0.25, 0.3) is 5.91 Å². The first kappa shape index (κ1) is 20.3. The summed E-state index contributed by atoms with van der Waals surface area (Å²) >= 11 is 0. The molecule has 0 spiro atoms. The van der Waals surface area contributed by atoms with Crippen LogP contribution in [0.5, 0.6) is 0 Å². The van der Waals surface area contributed by atoms with Crippen LogP contribution in [0.2, 0.25) is 0 Å². The molecule has 0 aliphatic carbocycles. The van der Waals surface area contributed by atoms with Gasteiger partial charge in [0.2, 0.25) is 0 Å². The zero-order valence-corrected chi connectivity index (χ0v) is 17.1. The largest absolute Gasteiger partial charge is 0.464 e. The minimum Gasteiger partial charge on any atom is -0.464 e. The summed E-state index contributed by atoms with van der Waals surface area (Å²) < 4.78 is 7.03. The first-order valence-corrected chi connectivity index (χ1v) is 9.58. The number of esters is 1. The van der Waals surface area contributed by atoms with Gasteiger partial charge in [-0.3, -0.25) is 4.79 Å². The number of rotatable bonds is 6. The Morgan fingerprint density at radius 3 is 2.45 bits per heavy atom. The van der Waals surface area contributed by atoms with Crippen molar-refractivity contribution in [3.05, 3.63) is 82.7 Å².